The number of halogens is 3. The van der Waals surface area contributed by atoms with E-state index in [2.05, 4.69) is 16.3 Å². The van der Waals surface area contributed by atoms with E-state index in [-0.39, 0.29) is 36.7 Å². The molecule has 0 bridgehead atoms. The Balaban J connectivity index is 1.57. The van der Waals surface area contributed by atoms with Crippen molar-refractivity contribution in [2.24, 2.45) is 5.73 Å². The van der Waals surface area contributed by atoms with Gasteiger partial charge >= 0.3 is 6.18 Å². The zero-order valence-electron chi connectivity index (χ0n) is 21.7. The molecule has 10 heteroatoms. The molecule has 40 heavy (non-hydrogen) atoms. The first-order valence-corrected chi connectivity index (χ1v) is 12.8. The molecule has 204 valence electrons. The second kappa shape index (κ2) is 10.6. The number of benzene rings is 3. The van der Waals surface area contributed by atoms with Crippen LogP contribution in [-0.2, 0) is 12.0 Å². The maximum absolute atomic E-state index is 13.7. The molecule has 1 fully saturated rings. The van der Waals surface area contributed by atoms with E-state index in [1.165, 1.54) is 12.1 Å². The molecule has 2 unspecified atom stereocenters. The number of carbonyl (C=O) groups excluding carboxylic acids is 1. The van der Waals surface area contributed by atoms with Crippen molar-refractivity contribution >= 4 is 5.91 Å². The second-order valence-electron chi connectivity index (χ2n) is 10.1. The number of nitrogens with zero attached hydrogens (tertiary/aromatic N) is 4. The van der Waals surface area contributed by atoms with E-state index in [0.717, 1.165) is 10.5 Å². The van der Waals surface area contributed by atoms with Crippen LogP contribution in [0.15, 0.2) is 77.2 Å². The van der Waals surface area contributed by atoms with Crippen molar-refractivity contribution < 1.29 is 22.4 Å². The lowest BCUT2D eigenvalue weighted by Crippen LogP contribution is -2.44. The lowest BCUT2D eigenvalue weighted by atomic mass is 9.94. The van der Waals surface area contributed by atoms with Gasteiger partial charge in [-0.2, -0.15) is 18.4 Å². The highest BCUT2D eigenvalue weighted by Gasteiger charge is 2.48. The fraction of sp³-hybridized carbons (Fsp3) is 0.267. The van der Waals surface area contributed by atoms with E-state index >= 15 is 0 Å². The third-order valence-electron chi connectivity index (χ3n) is 7.00. The minimum absolute atomic E-state index is 0.00687. The summed E-state index contributed by atoms with van der Waals surface area (Å²) >= 11 is 0. The van der Waals surface area contributed by atoms with E-state index in [1.807, 2.05) is 30.3 Å². The van der Waals surface area contributed by atoms with Crippen LogP contribution in [0.4, 0.5) is 13.2 Å². The molecule has 1 amide bonds. The fourth-order valence-electron chi connectivity index (χ4n) is 5.04. The van der Waals surface area contributed by atoms with Crippen molar-refractivity contribution in [3.8, 4) is 28.7 Å². The number of alkyl halides is 3. The Morgan fingerprint density at radius 3 is 2.50 bits per heavy atom. The van der Waals surface area contributed by atoms with Gasteiger partial charge in [-0.1, -0.05) is 48.5 Å². The average Bonchev–Trinajstić information content (AvgIpc) is 3.64. The Morgan fingerprint density at radius 2 is 1.77 bits per heavy atom. The van der Waals surface area contributed by atoms with Gasteiger partial charge in [0.05, 0.1) is 17.2 Å². The van der Waals surface area contributed by atoms with Gasteiger partial charge in [-0.15, -0.1) is 10.2 Å². The number of aromatic nitrogens is 2. The van der Waals surface area contributed by atoms with Gasteiger partial charge in [-0.25, -0.2) is 0 Å². The minimum atomic E-state index is -4.54. The summed E-state index contributed by atoms with van der Waals surface area (Å²) in [5.74, 6) is -0.539. The van der Waals surface area contributed by atoms with Gasteiger partial charge in [0, 0.05) is 17.7 Å². The van der Waals surface area contributed by atoms with E-state index < -0.39 is 23.7 Å². The third kappa shape index (κ3) is 5.46. The lowest BCUT2D eigenvalue weighted by molar-refractivity contribution is -0.169. The molecule has 7 nitrogen and oxygen atoms in total. The van der Waals surface area contributed by atoms with E-state index in [0.29, 0.717) is 28.7 Å². The number of amides is 1. The number of nitrogens with two attached hydrogens (primary N) is 1. The van der Waals surface area contributed by atoms with Crippen LogP contribution in [0.3, 0.4) is 0 Å². The summed E-state index contributed by atoms with van der Waals surface area (Å²) in [4.78, 5) is 14.3. The highest BCUT2D eigenvalue weighted by atomic mass is 19.4. The second-order valence-corrected chi connectivity index (χ2v) is 10.1. The monoisotopic (exact) mass is 545 g/mol. The molecular weight excluding hydrogens is 519 g/mol. The Morgan fingerprint density at radius 1 is 1.07 bits per heavy atom. The predicted molar refractivity (Wildman–Crippen MR) is 142 cm³/mol. The number of hydrogen-bond donors (Lipinski definition) is 1. The number of carbonyl (C=O) groups is 1. The molecule has 5 rings (SSSR count). The maximum atomic E-state index is 13.7. The summed E-state index contributed by atoms with van der Waals surface area (Å²) in [6.45, 7) is 1.75. The zero-order chi connectivity index (χ0) is 28.5. The minimum Gasteiger partial charge on any atom is -0.419 e. The van der Waals surface area contributed by atoms with E-state index in [1.54, 1.807) is 37.3 Å². The van der Waals surface area contributed by atoms with Crippen molar-refractivity contribution in [2.75, 3.05) is 6.54 Å². The van der Waals surface area contributed by atoms with Crippen LogP contribution in [0.2, 0.25) is 0 Å². The van der Waals surface area contributed by atoms with Gasteiger partial charge in [-0.05, 0) is 67.1 Å². The molecule has 2 atom stereocenters. The van der Waals surface area contributed by atoms with Crippen molar-refractivity contribution in [2.45, 2.75) is 43.9 Å². The topological polar surface area (TPSA) is 109 Å². The average molecular weight is 546 g/mol. The number of nitriles is 1. The van der Waals surface area contributed by atoms with Crippen molar-refractivity contribution in [3.63, 3.8) is 0 Å². The van der Waals surface area contributed by atoms with Crippen LogP contribution in [0.25, 0.3) is 22.6 Å². The first-order valence-electron chi connectivity index (χ1n) is 12.8. The molecule has 1 saturated heterocycles. The van der Waals surface area contributed by atoms with Crippen LogP contribution in [0, 0.1) is 11.3 Å². The normalized spacial score (nSPS) is 16.9. The Labute approximate surface area is 229 Å². The number of hydrogen-bond acceptors (Lipinski definition) is 6. The summed E-state index contributed by atoms with van der Waals surface area (Å²) in [7, 11) is 0. The van der Waals surface area contributed by atoms with Crippen LogP contribution < -0.4 is 5.73 Å². The Kier molecular flexibility index (Phi) is 7.17. The van der Waals surface area contributed by atoms with Gasteiger partial charge in [0.15, 0.2) is 0 Å². The Hall–Kier alpha value is -4.49. The molecule has 2 heterocycles. The summed E-state index contributed by atoms with van der Waals surface area (Å²) in [6, 6.07) is 21.2. The quantitative estimate of drug-likeness (QED) is 0.325. The van der Waals surface area contributed by atoms with Crippen LogP contribution >= 0.6 is 0 Å². The first kappa shape index (κ1) is 27.1. The molecular formula is C30H26F3N5O2. The molecule has 4 aromatic rings. The first-order chi connectivity index (χ1) is 19.1. The standard InChI is InChI=1S/C30H26F3N5O2/c1-29(35,17-19-8-3-2-4-9-19)28-37-36-26(40-28)22-14-21(24-11-6-5-10-20(24)18-34)15-23(16-22)27(39)38-13-7-12-25(38)30(31,32)33/h2-6,8-11,14-16,25H,7,12-13,17,35H2,1H3. The van der Waals surface area contributed by atoms with Crippen molar-refractivity contribution in [1.82, 2.24) is 15.1 Å². The summed E-state index contributed by atoms with van der Waals surface area (Å²) in [5, 5.41) is 18.0. The lowest BCUT2D eigenvalue weighted by Gasteiger charge is -2.27. The molecule has 3 aromatic carbocycles. The fourth-order valence-corrected chi connectivity index (χ4v) is 5.04. The van der Waals surface area contributed by atoms with E-state index in [9.17, 15) is 23.2 Å². The number of rotatable bonds is 6. The number of likely N-dealkylation sites (tertiary alicyclic amines) is 1. The van der Waals surface area contributed by atoms with Gasteiger partial charge in [0.25, 0.3) is 5.91 Å². The molecule has 1 aromatic heterocycles. The summed E-state index contributed by atoms with van der Waals surface area (Å²) in [6.07, 6.45) is -4.01. The SMILES string of the molecule is CC(N)(Cc1ccccc1)c1nnc(-c2cc(C(=O)N3CCCC3C(F)(F)F)cc(-c3ccccc3C#N)c2)o1. The van der Waals surface area contributed by atoms with Crippen LogP contribution in [0.5, 0.6) is 0 Å². The molecule has 0 radical (unpaired) electrons. The third-order valence-corrected chi connectivity index (χ3v) is 7.00. The smallest absolute Gasteiger partial charge is 0.408 e. The Bertz CT molecular complexity index is 1570. The van der Waals surface area contributed by atoms with Gasteiger partial charge in [-0.3, -0.25) is 4.79 Å². The van der Waals surface area contributed by atoms with Gasteiger partial charge in [0.2, 0.25) is 11.8 Å². The van der Waals surface area contributed by atoms with Crippen molar-refractivity contribution in [1.29, 1.82) is 5.26 Å². The van der Waals surface area contributed by atoms with Gasteiger partial charge in [0.1, 0.15) is 6.04 Å². The maximum Gasteiger partial charge on any atom is 0.408 e. The molecule has 1 aliphatic rings. The van der Waals surface area contributed by atoms with E-state index in [4.69, 9.17) is 10.2 Å². The predicted octanol–water partition coefficient (Wildman–Crippen LogP) is 5.86. The van der Waals surface area contributed by atoms with Crippen LogP contribution in [-0.4, -0.2) is 39.8 Å². The van der Waals surface area contributed by atoms with Crippen molar-refractivity contribution in [3.05, 3.63) is 95.4 Å². The van der Waals surface area contributed by atoms with Gasteiger partial charge < -0.3 is 15.1 Å². The largest absolute Gasteiger partial charge is 0.419 e. The molecule has 2 N–H and O–H groups in total. The highest BCUT2D eigenvalue weighted by Crippen LogP contribution is 2.36. The highest BCUT2D eigenvalue weighted by molar-refractivity contribution is 5.97. The molecule has 0 spiro atoms. The molecule has 1 aliphatic heterocycles. The zero-order valence-corrected chi connectivity index (χ0v) is 21.7. The van der Waals surface area contributed by atoms with Crippen LogP contribution in [0.1, 0.15) is 47.1 Å². The molecule has 0 aliphatic carbocycles. The molecule has 0 saturated carbocycles. The summed E-state index contributed by atoms with van der Waals surface area (Å²) in [5.41, 5.74) is 8.17. The summed E-state index contributed by atoms with van der Waals surface area (Å²) < 4.78 is 47.0.